The third kappa shape index (κ3) is 4.55. The molecule has 3 heterocycles. The molecule has 0 spiro atoms. The minimum Gasteiger partial charge on any atom is -0.459 e. The molecule has 1 aliphatic rings. The van der Waals surface area contributed by atoms with Crippen LogP contribution < -0.4 is 0 Å². The molecule has 0 aromatic carbocycles. The molecule has 0 bridgehead atoms. The highest BCUT2D eigenvalue weighted by Crippen LogP contribution is 2.28. The Hall–Kier alpha value is -2.22. The van der Waals surface area contributed by atoms with Crippen molar-refractivity contribution in [3.8, 4) is 0 Å². The SMILES string of the molecule is CC(C)CCn1nnnc1[C@@H](C(C)C)N1CCN(C(=O)c2ccco2)CC1. The molecule has 0 N–H and O–H groups in total. The molecular weight excluding hydrogens is 344 g/mol. The van der Waals surface area contributed by atoms with Crippen LogP contribution in [0.3, 0.4) is 0 Å². The van der Waals surface area contributed by atoms with Crippen LogP contribution in [0.1, 0.15) is 56.5 Å². The van der Waals surface area contributed by atoms with Crippen molar-refractivity contribution in [1.82, 2.24) is 30.0 Å². The van der Waals surface area contributed by atoms with Crippen molar-refractivity contribution in [3.63, 3.8) is 0 Å². The quantitative estimate of drug-likeness (QED) is 0.741. The number of hydrogen-bond donors (Lipinski definition) is 0. The first-order chi connectivity index (χ1) is 13.0. The molecular formula is C19H30N6O2. The highest BCUT2D eigenvalue weighted by Gasteiger charge is 2.33. The van der Waals surface area contributed by atoms with Crippen molar-refractivity contribution < 1.29 is 9.21 Å². The normalized spacial score (nSPS) is 17.0. The van der Waals surface area contributed by atoms with Gasteiger partial charge in [0.2, 0.25) is 0 Å². The first kappa shape index (κ1) is 19.5. The maximum absolute atomic E-state index is 12.5. The van der Waals surface area contributed by atoms with Gasteiger partial charge in [0, 0.05) is 32.7 Å². The number of piperazine rings is 1. The van der Waals surface area contributed by atoms with Gasteiger partial charge < -0.3 is 9.32 Å². The van der Waals surface area contributed by atoms with Crippen molar-refractivity contribution in [3.05, 3.63) is 30.0 Å². The van der Waals surface area contributed by atoms with E-state index >= 15 is 0 Å². The molecule has 148 valence electrons. The first-order valence-corrected chi connectivity index (χ1v) is 9.80. The Kier molecular flexibility index (Phi) is 6.26. The maximum Gasteiger partial charge on any atom is 0.289 e. The molecule has 1 fully saturated rings. The Labute approximate surface area is 160 Å². The third-order valence-corrected chi connectivity index (χ3v) is 5.10. The third-order valence-electron chi connectivity index (χ3n) is 5.10. The summed E-state index contributed by atoms with van der Waals surface area (Å²) in [6, 6.07) is 3.61. The zero-order chi connectivity index (χ0) is 19.4. The molecule has 2 aromatic rings. The highest BCUT2D eigenvalue weighted by molar-refractivity contribution is 5.91. The number of tetrazole rings is 1. The number of carbonyl (C=O) groups excluding carboxylic acids is 1. The second kappa shape index (κ2) is 8.65. The van der Waals surface area contributed by atoms with Crippen molar-refractivity contribution >= 4 is 5.91 Å². The van der Waals surface area contributed by atoms with Gasteiger partial charge in [-0.15, -0.1) is 5.10 Å². The number of carbonyl (C=O) groups is 1. The predicted molar refractivity (Wildman–Crippen MR) is 101 cm³/mol. The second-order valence-electron chi connectivity index (χ2n) is 7.94. The molecule has 2 aromatic heterocycles. The molecule has 3 rings (SSSR count). The van der Waals surface area contributed by atoms with E-state index in [9.17, 15) is 4.79 Å². The molecule has 0 radical (unpaired) electrons. The Morgan fingerprint density at radius 1 is 1.19 bits per heavy atom. The standard InChI is InChI=1S/C19H30N6O2/c1-14(2)7-8-25-18(20-21-22-25)17(15(3)4)23-9-11-24(12-10-23)19(26)16-6-5-13-27-16/h5-6,13-15,17H,7-12H2,1-4H3/t17-/m1/s1. The number of amides is 1. The largest absolute Gasteiger partial charge is 0.459 e. The van der Waals surface area contributed by atoms with E-state index in [4.69, 9.17) is 4.42 Å². The summed E-state index contributed by atoms with van der Waals surface area (Å²) in [7, 11) is 0. The lowest BCUT2D eigenvalue weighted by atomic mass is 10.0. The fourth-order valence-electron chi connectivity index (χ4n) is 3.61. The van der Waals surface area contributed by atoms with Gasteiger partial charge in [-0.05, 0) is 40.8 Å². The molecule has 1 atom stereocenters. The van der Waals surface area contributed by atoms with E-state index in [1.165, 1.54) is 6.26 Å². The summed E-state index contributed by atoms with van der Waals surface area (Å²) in [4.78, 5) is 16.7. The van der Waals surface area contributed by atoms with E-state index in [-0.39, 0.29) is 11.9 Å². The van der Waals surface area contributed by atoms with Crippen LogP contribution in [0.15, 0.2) is 22.8 Å². The van der Waals surface area contributed by atoms with Crippen LogP contribution in [0.2, 0.25) is 0 Å². The van der Waals surface area contributed by atoms with Gasteiger partial charge in [-0.3, -0.25) is 9.69 Å². The molecule has 1 amide bonds. The van der Waals surface area contributed by atoms with Gasteiger partial charge in [-0.25, -0.2) is 4.68 Å². The predicted octanol–water partition coefficient (Wildman–Crippen LogP) is 2.47. The summed E-state index contributed by atoms with van der Waals surface area (Å²) in [6.45, 7) is 12.6. The lowest BCUT2D eigenvalue weighted by molar-refractivity contribution is 0.0463. The molecule has 0 saturated carbocycles. The van der Waals surface area contributed by atoms with Crippen molar-refractivity contribution in [1.29, 1.82) is 0 Å². The van der Waals surface area contributed by atoms with E-state index in [1.807, 2.05) is 9.58 Å². The molecule has 0 aliphatic carbocycles. The Morgan fingerprint density at radius 3 is 2.52 bits per heavy atom. The number of hydrogen-bond acceptors (Lipinski definition) is 6. The minimum atomic E-state index is -0.0393. The first-order valence-electron chi connectivity index (χ1n) is 9.80. The molecule has 0 unspecified atom stereocenters. The van der Waals surface area contributed by atoms with Crippen LogP contribution in [-0.2, 0) is 6.54 Å². The van der Waals surface area contributed by atoms with Crippen LogP contribution in [-0.4, -0.2) is 62.1 Å². The Balaban J connectivity index is 1.67. The Bertz CT molecular complexity index is 716. The average Bonchev–Trinajstić information content (AvgIpc) is 3.32. The highest BCUT2D eigenvalue weighted by atomic mass is 16.3. The van der Waals surface area contributed by atoms with Crippen molar-refractivity contribution in [2.45, 2.75) is 46.7 Å². The number of nitrogens with zero attached hydrogens (tertiary/aromatic N) is 6. The zero-order valence-corrected chi connectivity index (χ0v) is 16.7. The zero-order valence-electron chi connectivity index (χ0n) is 16.7. The average molecular weight is 374 g/mol. The maximum atomic E-state index is 12.5. The summed E-state index contributed by atoms with van der Waals surface area (Å²) in [5.41, 5.74) is 0. The molecule has 8 heteroatoms. The van der Waals surface area contributed by atoms with Crippen molar-refractivity contribution in [2.24, 2.45) is 11.8 Å². The van der Waals surface area contributed by atoms with Crippen LogP contribution >= 0.6 is 0 Å². The van der Waals surface area contributed by atoms with Crippen LogP contribution in [0.5, 0.6) is 0 Å². The molecule has 27 heavy (non-hydrogen) atoms. The lowest BCUT2D eigenvalue weighted by Gasteiger charge is -2.40. The van der Waals surface area contributed by atoms with Crippen molar-refractivity contribution in [2.75, 3.05) is 26.2 Å². The van der Waals surface area contributed by atoms with Gasteiger partial charge >= 0.3 is 0 Å². The Morgan fingerprint density at radius 2 is 1.93 bits per heavy atom. The number of furan rings is 1. The van der Waals surface area contributed by atoms with Gasteiger partial charge in [0.05, 0.1) is 12.3 Å². The van der Waals surface area contributed by atoms with Crippen LogP contribution in [0, 0.1) is 11.8 Å². The smallest absolute Gasteiger partial charge is 0.289 e. The van der Waals surface area contributed by atoms with E-state index in [0.717, 1.165) is 31.9 Å². The van der Waals surface area contributed by atoms with Gasteiger partial charge in [0.25, 0.3) is 5.91 Å². The lowest BCUT2D eigenvalue weighted by Crippen LogP contribution is -2.50. The van der Waals surface area contributed by atoms with E-state index in [1.54, 1.807) is 12.1 Å². The topological polar surface area (TPSA) is 80.3 Å². The minimum absolute atomic E-state index is 0.0393. The number of rotatable bonds is 7. The summed E-state index contributed by atoms with van der Waals surface area (Å²) in [5, 5.41) is 12.5. The monoisotopic (exact) mass is 374 g/mol. The van der Waals surface area contributed by atoms with E-state index in [0.29, 0.717) is 30.7 Å². The van der Waals surface area contributed by atoms with Crippen LogP contribution in [0.25, 0.3) is 0 Å². The molecule has 8 nitrogen and oxygen atoms in total. The second-order valence-corrected chi connectivity index (χ2v) is 7.94. The summed E-state index contributed by atoms with van der Waals surface area (Å²) in [5.74, 6) is 2.28. The number of aryl methyl sites for hydroxylation is 1. The van der Waals surface area contributed by atoms with Gasteiger partial charge in [0.15, 0.2) is 11.6 Å². The van der Waals surface area contributed by atoms with Gasteiger partial charge in [-0.2, -0.15) is 0 Å². The van der Waals surface area contributed by atoms with Gasteiger partial charge in [-0.1, -0.05) is 27.7 Å². The summed E-state index contributed by atoms with van der Waals surface area (Å²) >= 11 is 0. The number of aromatic nitrogens is 4. The summed E-state index contributed by atoms with van der Waals surface area (Å²) < 4.78 is 7.20. The molecule has 1 saturated heterocycles. The fourth-order valence-corrected chi connectivity index (χ4v) is 3.61. The molecule has 1 aliphatic heterocycles. The van der Waals surface area contributed by atoms with Crippen LogP contribution in [0.4, 0.5) is 0 Å². The van der Waals surface area contributed by atoms with Gasteiger partial charge in [0.1, 0.15) is 0 Å². The fraction of sp³-hybridized carbons (Fsp3) is 0.684. The van der Waals surface area contributed by atoms with E-state index in [2.05, 4.69) is 48.1 Å². The van der Waals surface area contributed by atoms with E-state index < -0.39 is 0 Å². The summed E-state index contributed by atoms with van der Waals surface area (Å²) in [6.07, 6.45) is 2.59.